The number of aliphatic hydroxyl groups excluding tert-OH is 1. The Kier molecular flexibility index (Phi) is 2.88. The van der Waals surface area contributed by atoms with E-state index in [1.807, 2.05) is 37.3 Å². The van der Waals surface area contributed by atoms with Gasteiger partial charge < -0.3 is 9.63 Å². The quantitative estimate of drug-likeness (QED) is 0.898. The highest BCUT2D eigenvalue weighted by molar-refractivity contribution is 5.20. The number of aromatic nitrogens is 2. The zero-order chi connectivity index (χ0) is 12.5. The van der Waals surface area contributed by atoms with Crippen molar-refractivity contribution in [3.8, 4) is 0 Å². The summed E-state index contributed by atoms with van der Waals surface area (Å²) in [5, 5.41) is 14.3. The first-order chi connectivity index (χ1) is 8.75. The van der Waals surface area contributed by atoms with Crippen LogP contribution < -0.4 is 0 Å². The molecule has 1 fully saturated rings. The van der Waals surface area contributed by atoms with Crippen LogP contribution >= 0.6 is 0 Å². The zero-order valence-electron chi connectivity index (χ0n) is 10.3. The molecule has 1 aromatic heterocycles. The molecule has 0 radical (unpaired) electrons. The number of nitrogens with zero attached hydrogens (tertiary/aromatic N) is 2. The fourth-order valence-electron chi connectivity index (χ4n) is 2.01. The summed E-state index contributed by atoms with van der Waals surface area (Å²) in [7, 11) is 0. The van der Waals surface area contributed by atoms with Gasteiger partial charge in [-0.05, 0) is 18.4 Å². The van der Waals surface area contributed by atoms with Gasteiger partial charge in [0.2, 0.25) is 5.89 Å². The van der Waals surface area contributed by atoms with Gasteiger partial charge in [-0.1, -0.05) is 42.4 Å². The Morgan fingerprint density at radius 2 is 2.00 bits per heavy atom. The van der Waals surface area contributed by atoms with E-state index in [1.54, 1.807) is 0 Å². The van der Waals surface area contributed by atoms with E-state index >= 15 is 0 Å². The van der Waals surface area contributed by atoms with Crippen LogP contribution in [0.15, 0.2) is 34.9 Å². The third-order valence-electron chi connectivity index (χ3n) is 3.40. The first kappa shape index (κ1) is 11.4. The van der Waals surface area contributed by atoms with Crippen LogP contribution in [-0.4, -0.2) is 15.2 Å². The van der Waals surface area contributed by atoms with E-state index in [-0.39, 0.29) is 5.92 Å². The molecule has 4 heteroatoms. The van der Waals surface area contributed by atoms with Gasteiger partial charge in [-0.2, -0.15) is 4.98 Å². The van der Waals surface area contributed by atoms with Crippen LogP contribution in [0.2, 0.25) is 0 Å². The molecule has 0 saturated heterocycles. The standard InChI is InChI=1S/C14H16N2O2/c1-9(12(17)10-5-3-2-4-6-10)14-15-13(16-18-14)11-7-8-11/h2-6,9,11-12,17H,7-8H2,1H3. The smallest absolute Gasteiger partial charge is 0.232 e. The molecule has 0 spiro atoms. The summed E-state index contributed by atoms with van der Waals surface area (Å²) in [5.74, 6) is 1.60. The highest BCUT2D eigenvalue weighted by Gasteiger charge is 2.31. The zero-order valence-corrected chi connectivity index (χ0v) is 10.3. The van der Waals surface area contributed by atoms with E-state index in [9.17, 15) is 5.11 Å². The molecular formula is C14H16N2O2. The van der Waals surface area contributed by atoms with Gasteiger partial charge in [0.1, 0.15) is 0 Å². The summed E-state index contributed by atoms with van der Waals surface area (Å²) in [4.78, 5) is 4.38. The molecule has 1 aliphatic carbocycles. The summed E-state index contributed by atoms with van der Waals surface area (Å²) >= 11 is 0. The van der Waals surface area contributed by atoms with Crippen molar-refractivity contribution in [1.82, 2.24) is 10.1 Å². The van der Waals surface area contributed by atoms with Crippen molar-refractivity contribution in [1.29, 1.82) is 0 Å². The molecule has 1 aliphatic rings. The van der Waals surface area contributed by atoms with Crippen LogP contribution in [0.4, 0.5) is 0 Å². The Bertz CT molecular complexity index is 520. The van der Waals surface area contributed by atoms with Crippen LogP contribution in [0.1, 0.15) is 55.0 Å². The molecule has 2 atom stereocenters. The molecule has 1 saturated carbocycles. The normalized spacial score (nSPS) is 18.6. The monoisotopic (exact) mass is 244 g/mol. The predicted molar refractivity (Wildman–Crippen MR) is 66.1 cm³/mol. The highest BCUT2D eigenvalue weighted by Crippen LogP contribution is 2.39. The van der Waals surface area contributed by atoms with Gasteiger partial charge in [-0.25, -0.2) is 0 Å². The van der Waals surface area contributed by atoms with Crippen molar-refractivity contribution in [3.05, 3.63) is 47.6 Å². The third kappa shape index (κ3) is 2.16. The lowest BCUT2D eigenvalue weighted by atomic mass is 9.97. The van der Waals surface area contributed by atoms with Gasteiger partial charge in [-0.15, -0.1) is 0 Å². The van der Waals surface area contributed by atoms with E-state index < -0.39 is 6.10 Å². The molecule has 0 aliphatic heterocycles. The molecule has 1 aromatic carbocycles. The maximum atomic E-state index is 10.3. The van der Waals surface area contributed by atoms with Crippen molar-refractivity contribution in [3.63, 3.8) is 0 Å². The largest absolute Gasteiger partial charge is 0.388 e. The van der Waals surface area contributed by atoms with E-state index in [0.717, 1.165) is 24.2 Å². The van der Waals surface area contributed by atoms with Crippen molar-refractivity contribution in [2.45, 2.75) is 37.7 Å². The Labute approximate surface area is 106 Å². The van der Waals surface area contributed by atoms with Crippen LogP contribution in [0, 0.1) is 0 Å². The van der Waals surface area contributed by atoms with Crippen LogP contribution in [0.25, 0.3) is 0 Å². The molecule has 2 aromatic rings. The minimum atomic E-state index is -0.612. The molecule has 94 valence electrons. The van der Waals surface area contributed by atoms with Gasteiger partial charge in [0, 0.05) is 5.92 Å². The molecule has 2 unspecified atom stereocenters. The van der Waals surface area contributed by atoms with E-state index in [2.05, 4.69) is 10.1 Å². The SMILES string of the molecule is CC(c1nc(C2CC2)no1)C(O)c1ccccc1. The van der Waals surface area contributed by atoms with E-state index in [0.29, 0.717) is 11.8 Å². The lowest BCUT2D eigenvalue weighted by molar-refractivity contribution is 0.135. The maximum Gasteiger partial charge on any atom is 0.232 e. The molecule has 1 N–H and O–H groups in total. The van der Waals surface area contributed by atoms with Crippen molar-refractivity contribution < 1.29 is 9.63 Å². The second-order valence-corrected chi connectivity index (χ2v) is 4.91. The van der Waals surface area contributed by atoms with Crippen LogP contribution in [0.3, 0.4) is 0 Å². The molecule has 3 rings (SSSR count). The summed E-state index contributed by atoms with van der Waals surface area (Å²) in [5.41, 5.74) is 0.871. The van der Waals surface area contributed by atoms with Gasteiger partial charge in [0.05, 0.1) is 12.0 Å². The second kappa shape index (κ2) is 4.53. The number of benzene rings is 1. The fraction of sp³-hybridized carbons (Fsp3) is 0.429. The number of rotatable bonds is 4. The van der Waals surface area contributed by atoms with Gasteiger partial charge in [-0.3, -0.25) is 0 Å². The topological polar surface area (TPSA) is 59.2 Å². The molecule has 18 heavy (non-hydrogen) atoms. The van der Waals surface area contributed by atoms with Crippen molar-refractivity contribution in [2.24, 2.45) is 0 Å². The first-order valence-corrected chi connectivity index (χ1v) is 6.32. The first-order valence-electron chi connectivity index (χ1n) is 6.32. The molecule has 0 amide bonds. The van der Waals surface area contributed by atoms with Gasteiger partial charge >= 0.3 is 0 Å². The van der Waals surface area contributed by atoms with Gasteiger partial charge in [0.25, 0.3) is 0 Å². The third-order valence-corrected chi connectivity index (χ3v) is 3.40. The minimum absolute atomic E-state index is 0.188. The van der Waals surface area contributed by atoms with E-state index in [4.69, 9.17) is 4.52 Å². The summed E-state index contributed by atoms with van der Waals surface area (Å²) < 4.78 is 5.25. The average Bonchev–Trinajstić information content (AvgIpc) is 3.16. The maximum absolute atomic E-state index is 10.3. The number of hydrogen-bond acceptors (Lipinski definition) is 4. The molecule has 1 heterocycles. The van der Waals surface area contributed by atoms with E-state index in [1.165, 1.54) is 0 Å². The minimum Gasteiger partial charge on any atom is -0.388 e. The number of aliphatic hydroxyl groups is 1. The Hall–Kier alpha value is -1.68. The lowest BCUT2D eigenvalue weighted by Gasteiger charge is -2.15. The second-order valence-electron chi connectivity index (χ2n) is 4.91. The summed E-state index contributed by atoms with van der Waals surface area (Å²) in [6.45, 7) is 1.90. The Morgan fingerprint density at radius 3 is 2.67 bits per heavy atom. The molecule has 0 bridgehead atoms. The van der Waals surface area contributed by atoms with Crippen molar-refractivity contribution >= 4 is 0 Å². The predicted octanol–water partition coefficient (Wildman–Crippen LogP) is 2.78. The summed E-state index contributed by atoms with van der Waals surface area (Å²) in [6, 6.07) is 9.56. The lowest BCUT2D eigenvalue weighted by Crippen LogP contribution is -2.08. The number of hydrogen-bond donors (Lipinski definition) is 1. The molecule has 4 nitrogen and oxygen atoms in total. The highest BCUT2D eigenvalue weighted by atomic mass is 16.5. The molecular weight excluding hydrogens is 228 g/mol. The fourth-order valence-corrected chi connectivity index (χ4v) is 2.01. The Balaban J connectivity index is 1.78. The van der Waals surface area contributed by atoms with Crippen LogP contribution in [-0.2, 0) is 0 Å². The van der Waals surface area contributed by atoms with Crippen molar-refractivity contribution in [2.75, 3.05) is 0 Å². The van der Waals surface area contributed by atoms with Crippen LogP contribution in [0.5, 0.6) is 0 Å². The van der Waals surface area contributed by atoms with Gasteiger partial charge in [0.15, 0.2) is 5.82 Å². The average molecular weight is 244 g/mol. The Morgan fingerprint density at radius 1 is 1.28 bits per heavy atom. The summed E-state index contributed by atoms with van der Waals surface area (Å²) in [6.07, 6.45) is 1.68.